The molecule has 0 bridgehead atoms. The van der Waals surface area contributed by atoms with Crippen LogP contribution in [0.25, 0.3) is 0 Å². The van der Waals surface area contributed by atoms with E-state index in [1.165, 1.54) is 12.2 Å². The van der Waals surface area contributed by atoms with Crippen LogP contribution in [0.5, 0.6) is 0 Å². The molecule has 0 aliphatic carbocycles. The summed E-state index contributed by atoms with van der Waals surface area (Å²) in [6, 6.07) is 0. The molecule has 0 saturated heterocycles. The lowest BCUT2D eigenvalue weighted by molar-refractivity contribution is -0.137. The summed E-state index contributed by atoms with van der Waals surface area (Å²) in [6.07, 6.45) is 2.44. The minimum absolute atomic E-state index is 0.00996. The summed E-state index contributed by atoms with van der Waals surface area (Å²) < 4.78 is 26.3. The van der Waals surface area contributed by atoms with Crippen LogP contribution in [-0.4, -0.2) is 113 Å². The van der Waals surface area contributed by atoms with Gasteiger partial charge in [0.2, 0.25) is 5.91 Å². The van der Waals surface area contributed by atoms with Crippen molar-refractivity contribution >= 4 is 17.7 Å². The van der Waals surface area contributed by atoms with E-state index in [0.717, 1.165) is 4.90 Å². The minimum atomic E-state index is -0.393. The third kappa shape index (κ3) is 13.4. The minimum Gasteiger partial charge on any atom is -0.394 e. The molecular weight excluding hydrogens is 400 g/mol. The normalized spacial score (nSPS) is 13.4. The maximum Gasteiger partial charge on any atom is 0.253 e. The lowest BCUT2D eigenvalue weighted by Gasteiger charge is -2.13. The Morgan fingerprint density at radius 3 is 1.67 bits per heavy atom. The second-order valence-electron chi connectivity index (χ2n) is 6.05. The van der Waals surface area contributed by atoms with Gasteiger partial charge >= 0.3 is 0 Å². The Bertz CT molecular complexity index is 510. The van der Waals surface area contributed by atoms with Crippen LogP contribution in [0.4, 0.5) is 0 Å². The second-order valence-corrected chi connectivity index (χ2v) is 6.05. The van der Waals surface area contributed by atoms with Gasteiger partial charge in [-0.2, -0.15) is 0 Å². The highest BCUT2D eigenvalue weighted by molar-refractivity contribution is 6.13. The highest BCUT2D eigenvalue weighted by Gasteiger charge is 2.23. The molecule has 172 valence electrons. The quantitative estimate of drug-likeness (QED) is 0.174. The highest BCUT2D eigenvalue weighted by Crippen LogP contribution is 2.03. The van der Waals surface area contributed by atoms with Gasteiger partial charge in [0.25, 0.3) is 11.8 Å². The Morgan fingerprint density at radius 2 is 1.20 bits per heavy atom. The van der Waals surface area contributed by atoms with Gasteiger partial charge in [-0.05, 0) is 0 Å². The van der Waals surface area contributed by atoms with Gasteiger partial charge in [0.15, 0.2) is 0 Å². The molecule has 0 unspecified atom stereocenters. The molecule has 1 heterocycles. The summed E-state index contributed by atoms with van der Waals surface area (Å²) in [5.74, 6) is -1.04. The number of nitrogens with zero attached hydrogens (tertiary/aromatic N) is 1. The van der Waals surface area contributed by atoms with Crippen molar-refractivity contribution in [2.75, 3.05) is 85.8 Å². The third-order valence-corrected chi connectivity index (χ3v) is 3.76. The molecule has 0 aromatic heterocycles. The zero-order valence-electron chi connectivity index (χ0n) is 17.2. The standard InChI is InChI=1S/C19H32N2O9/c22-6-8-27-10-12-29-14-16-30-15-13-28-11-9-26-7-4-20-17(23)3-5-21-18(24)1-2-19(21)25/h1-2,22H,3-16H2,(H,20,23). The molecule has 0 spiro atoms. The fraction of sp³-hybridized carbons (Fsp3) is 0.737. The summed E-state index contributed by atoms with van der Waals surface area (Å²) in [4.78, 5) is 35.4. The molecule has 30 heavy (non-hydrogen) atoms. The molecule has 11 nitrogen and oxygen atoms in total. The van der Waals surface area contributed by atoms with E-state index < -0.39 is 11.8 Å². The van der Waals surface area contributed by atoms with E-state index in [2.05, 4.69) is 5.32 Å². The zero-order chi connectivity index (χ0) is 21.9. The zero-order valence-corrected chi connectivity index (χ0v) is 17.2. The van der Waals surface area contributed by atoms with Crippen LogP contribution in [0.3, 0.4) is 0 Å². The Morgan fingerprint density at radius 1 is 0.767 bits per heavy atom. The summed E-state index contributed by atoms with van der Waals surface area (Å²) >= 11 is 0. The number of hydrogen-bond donors (Lipinski definition) is 2. The van der Waals surface area contributed by atoms with Crippen molar-refractivity contribution in [3.8, 4) is 0 Å². The monoisotopic (exact) mass is 432 g/mol. The van der Waals surface area contributed by atoms with Crippen molar-refractivity contribution in [1.29, 1.82) is 0 Å². The molecule has 0 aromatic carbocycles. The van der Waals surface area contributed by atoms with Gasteiger partial charge in [-0.3, -0.25) is 19.3 Å². The summed E-state index contributed by atoms with van der Waals surface area (Å²) in [5.41, 5.74) is 0. The van der Waals surface area contributed by atoms with Gasteiger partial charge in [-0.25, -0.2) is 0 Å². The van der Waals surface area contributed by atoms with Crippen molar-refractivity contribution < 1.29 is 43.2 Å². The molecule has 0 radical (unpaired) electrons. The second kappa shape index (κ2) is 17.9. The summed E-state index contributed by atoms with van der Waals surface area (Å²) in [6.45, 7) is 4.65. The van der Waals surface area contributed by atoms with Crippen LogP contribution in [0.15, 0.2) is 12.2 Å². The molecule has 0 aromatic rings. The van der Waals surface area contributed by atoms with Crippen molar-refractivity contribution in [2.24, 2.45) is 0 Å². The number of hydrogen-bond acceptors (Lipinski definition) is 9. The fourth-order valence-electron chi connectivity index (χ4n) is 2.26. The van der Waals surface area contributed by atoms with Gasteiger partial charge in [0.1, 0.15) is 0 Å². The number of ether oxygens (including phenoxy) is 5. The van der Waals surface area contributed by atoms with Crippen LogP contribution >= 0.6 is 0 Å². The number of nitrogens with one attached hydrogen (secondary N) is 1. The number of aliphatic hydroxyl groups is 1. The molecule has 11 heteroatoms. The predicted octanol–water partition coefficient (Wildman–Crippen LogP) is -1.51. The van der Waals surface area contributed by atoms with Crippen LogP contribution < -0.4 is 5.32 Å². The van der Waals surface area contributed by atoms with Gasteiger partial charge in [0.05, 0.1) is 72.7 Å². The van der Waals surface area contributed by atoms with E-state index in [4.69, 9.17) is 28.8 Å². The molecule has 1 aliphatic rings. The van der Waals surface area contributed by atoms with Gasteiger partial charge in [-0.1, -0.05) is 0 Å². The molecule has 0 atom stereocenters. The Hall–Kier alpha value is -1.89. The van der Waals surface area contributed by atoms with Crippen molar-refractivity contribution in [2.45, 2.75) is 6.42 Å². The maximum absolute atomic E-state index is 11.7. The van der Waals surface area contributed by atoms with Crippen molar-refractivity contribution in [1.82, 2.24) is 10.2 Å². The lowest BCUT2D eigenvalue weighted by atomic mass is 10.3. The highest BCUT2D eigenvalue weighted by atomic mass is 16.6. The van der Waals surface area contributed by atoms with Crippen LogP contribution in [-0.2, 0) is 38.1 Å². The average molecular weight is 432 g/mol. The fourth-order valence-corrected chi connectivity index (χ4v) is 2.26. The Balaban J connectivity index is 1.77. The number of amides is 3. The van der Waals surface area contributed by atoms with E-state index in [1.54, 1.807) is 0 Å². The smallest absolute Gasteiger partial charge is 0.253 e. The van der Waals surface area contributed by atoms with Gasteiger partial charge < -0.3 is 34.1 Å². The number of carbonyl (C=O) groups is 3. The molecule has 3 amide bonds. The van der Waals surface area contributed by atoms with Crippen LogP contribution in [0, 0.1) is 0 Å². The first-order valence-corrected chi connectivity index (χ1v) is 9.95. The summed E-state index contributed by atoms with van der Waals surface area (Å²) in [7, 11) is 0. The first kappa shape index (κ1) is 26.1. The lowest BCUT2D eigenvalue weighted by Crippen LogP contribution is -2.35. The van der Waals surface area contributed by atoms with Crippen molar-refractivity contribution in [3.63, 3.8) is 0 Å². The predicted molar refractivity (Wildman–Crippen MR) is 105 cm³/mol. The van der Waals surface area contributed by atoms with Crippen LogP contribution in [0.1, 0.15) is 6.42 Å². The molecule has 0 fully saturated rings. The van der Waals surface area contributed by atoms with E-state index in [1.807, 2.05) is 0 Å². The SMILES string of the molecule is O=C(CCN1C(=O)C=CC1=O)NCCOCCOCCOCCOCCOCCO. The number of carbonyl (C=O) groups excluding carboxylic acids is 3. The van der Waals surface area contributed by atoms with Crippen LogP contribution in [0.2, 0.25) is 0 Å². The first-order valence-electron chi connectivity index (χ1n) is 9.95. The maximum atomic E-state index is 11.7. The third-order valence-electron chi connectivity index (χ3n) is 3.76. The molecule has 2 N–H and O–H groups in total. The van der Waals surface area contributed by atoms with Crippen molar-refractivity contribution in [3.05, 3.63) is 12.2 Å². The Kier molecular flexibility index (Phi) is 15.6. The largest absolute Gasteiger partial charge is 0.394 e. The van der Waals surface area contributed by atoms with Gasteiger partial charge in [0, 0.05) is 31.7 Å². The molecule has 1 aliphatic heterocycles. The van der Waals surface area contributed by atoms with Gasteiger partial charge in [-0.15, -0.1) is 0 Å². The molecule has 1 rings (SSSR count). The number of imide groups is 1. The number of rotatable bonds is 20. The van der Waals surface area contributed by atoms with E-state index in [0.29, 0.717) is 72.6 Å². The van der Waals surface area contributed by atoms with E-state index >= 15 is 0 Å². The molecular formula is C19H32N2O9. The molecule has 0 saturated carbocycles. The number of aliphatic hydroxyl groups excluding tert-OH is 1. The Labute approximate surface area is 176 Å². The average Bonchev–Trinajstić information content (AvgIpc) is 3.06. The first-order chi connectivity index (χ1) is 14.6. The topological polar surface area (TPSA) is 133 Å². The van der Waals surface area contributed by atoms with E-state index in [9.17, 15) is 14.4 Å². The van der Waals surface area contributed by atoms with E-state index in [-0.39, 0.29) is 25.5 Å². The summed E-state index contributed by atoms with van der Waals surface area (Å²) in [5, 5.41) is 11.2.